The molecule has 2 nitrogen and oxygen atoms in total. The third kappa shape index (κ3) is 2.67. The predicted molar refractivity (Wildman–Crippen MR) is 129 cm³/mol. The molecule has 0 fully saturated rings. The Morgan fingerprint density at radius 2 is 1.57 bits per heavy atom. The first-order valence-electron chi connectivity index (χ1n) is 11.0. The van der Waals surface area contributed by atoms with E-state index in [9.17, 15) is 0 Å². The number of benzene rings is 3. The second-order valence-electron chi connectivity index (χ2n) is 8.64. The zero-order chi connectivity index (χ0) is 20.9. The molecule has 0 saturated heterocycles. The number of aryl methyl sites for hydroxylation is 1. The highest BCUT2D eigenvalue weighted by atomic mass is 15.0. The third-order valence-corrected chi connectivity index (χ3v) is 6.66. The van der Waals surface area contributed by atoms with Crippen LogP contribution in [0.2, 0.25) is 0 Å². The van der Waals surface area contributed by atoms with Gasteiger partial charge in [-0.1, -0.05) is 42.5 Å². The highest BCUT2D eigenvalue weighted by Gasteiger charge is 2.43. The van der Waals surface area contributed by atoms with Crippen LogP contribution in [0, 0.1) is 0 Å². The van der Waals surface area contributed by atoms with Gasteiger partial charge in [-0.15, -0.1) is 0 Å². The monoisotopic (exact) mass is 393 g/mol. The van der Waals surface area contributed by atoms with Gasteiger partial charge in [0.2, 0.25) is 5.69 Å². The van der Waals surface area contributed by atoms with Gasteiger partial charge in [-0.25, -0.2) is 0 Å². The molecule has 0 amide bonds. The van der Waals surface area contributed by atoms with Crippen molar-refractivity contribution in [2.45, 2.75) is 39.7 Å². The molecule has 5 rings (SSSR count). The lowest BCUT2D eigenvalue weighted by atomic mass is 9.81. The minimum absolute atomic E-state index is 0.00540. The van der Waals surface area contributed by atoms with Crippen LogP contribution in [-0.4, -0.2) is 21.4 Å². The summed E-state index contributed by atoms with van der Waals surface area (Å²) in [6.45, 7) is 11.1. The average Bonchev–Trinajstić information content (AvgIpc) is 3.20. The van der Waals surface area contributed by atoms with E-state index < -0.39 is 0 Å². The summed E-state index contributed by atoms with van der Waals surface area (Å²) in [5, 5.41) is 2.67. The molecule has 1 aliphatic heterocycles. The number of para-hydroxylation sites is 2. The van der Waals surface area contributed by atoms with E-state index in [4.69, 9.17) is 0 Å². The van der Waals surface area contributed by atoms with Gasteiger partial charge in [0.25, 0.3) is 0 Å². The van der Waals surface area contributed by atoms with Crippen molar-refractivity contribution in [1.29, 1.82) is 0 Å². The number of nitrogens with zero attached hydrogens (tertiary/aromatic N) is 2. The van der Waals surface area contributed by atoms with E-state index in [1.54, 1.807) is 0 Å². The highest BCUT2D eigenvalue weighted by Crippen LogP contribution is 2.40. The number of fused-ring (bicyclic) bond motifs is 4. The molecule has 3 aromatic carbocycles. The fraction of sp³-hybridized carbons (Fsp3) is 0.250. The SMILES string of the molecule is CCn1c2ccccc2c2cc(/C=C/C3=[N+](CC)c4ccccc4C3(C)C)ccc21. The lowest BCUT2D eigenvalue weighted by Gasteiger charge is -2.15. The molecule has 2 heteroatoms. The second kappa shape index (κ2) is 6.98. The summed E-state index contributed by atoms with van der Waals surface area (Å²) >= 11 is 0. The Labute approximate surface area is 178 Å². The number of hydrogen-bond donors (Lipinski definition) is 0. The zero-order valence-corrected chi connectivity index (χ0v) is 18.3. The van der Waals surface area contributed by atoms with Crippen LogP contribution in [0.4, 0.5) is 5.69 Å². The first-order chi connectivity index (χ1) is 14.6. The van der Waals surface area contributed by atoms with E-state index in [-0.39, 0.29) is 5.41 Å². The van der Waals surface area contributed by atoms with E-state index in [2.05, 4.69) is 116 Å². The summed E-state index contributed by atoms with van der Waals surface area (Å²) in [5.41, 5.74) is 7.99. The molecular formula is C28H29N2+. The van der Waals surface area contributed by atoms with Gasteiger partial charge in [0.15, 0.2) is 5.71 Å². The van der Waals surface area contributed by atoms with E-state index >= 15 is 0 Å². The van der Waals surface area contributed by atoms with Crippen LogP contribution in [-0.2, 0) is 12.0 Å². The highest BCUT2D eigenvalue weighted by molar-refractivity contribution is 6.09. The van der Waals surface area contributed by atoms with E-state index in [1.165, 1.54) is 44.3 Å². The largest absolute Gasteiger partial charge is 0.341 e. The van der Waals surface area contributed by atoms with Gasteiger partial charge in [-0.2, -0.15) is 4.58 Å². The first-order valence-corrected chi connectivity index (χ1v) is 11.0. The molecule has 0 N–H and O–H groups in total. The van der Waals surface area contributed by atoms with Crippen LogP contribution in [0.1, 0.15) is 38.8 Å². The molecule has 0 atom stereocenters. The molecule has 4 aromatic rings. The fourth-order valence-electron chi connectivity index (χ4n) is 5.17. The van der Waals surface area contributed by atoms with Gasteiger partial charge in [0.05, 0.1) is 5.41 Å². The van der Waals surface area contributed by atoms with Gasteiger partial charge in [0, 0.05) is 46.1 Å². The average molecular weight is 394 g/mol. The van der Waals surface area contributed by atoms with E-state index in [0.29, 0.717) is 0 Å². The summed E-state index contributed by atoms with van der Waals surface area (Å²) in [4.78, 5) is 0. The van der Waals surface area contributed by atoms with Gasteiger partial charge in [-0.3, -0.25) is 0 Å². The molecule has 1 aromatic heterocycles. The Morgan fingerprint density at radius 1 is 0.833 bits per heavy atom. The Balaban J connectivity index is 1.62. The van der Waals surface area contributed by atoms with Gasteiger partial charge in [0.1, 0.15) is 6.54 Å². The molecule has 0 bridgehead atoms. The molecular weight excluding hydrogens is 364 g/mol. The van der Waals surface area contributed by atoms with Crippen LogP contribution in [0.15, 0.2) is 72.8 Å². The van der Waals surface area contributed by atoms with Gasteiger partial charge >= 0.3 is 0 Å². The van der Waals surface area contributed by atoms with Crippen LogP contribution in [0.3, 0.4) is 0 Å². The first kappa shape index (κ1) is 18.9. The van der Waals surface area contributed by atoms with Gasteiger partial charge in [-0.05, 0) is 57.5 Å². The maximum Gasteiger partial charge on any atom is 0.209 e. The van der Waals surface area contributed by atoms with Crippen molar-refractivity contribution in [1.82, 2.24) is 4.57 Å². The minimum Gasteiger partial charge on any atom is -0.341 e. The van der Waals surface area contributed by atoms with Crippen molar-refractivity contribution in [3.63, 3.8) is 0 Å². The van der Waals surface area contributed by atoms with E-state index in [1.807, 2.05) is 0 Å². The zero-order valence-electron chi connectivity index (χ0n) is 18.3. The van der Waals surface area contributed by atoms with Crippen LogP contribution < -0.4 is 0 Å². The Kier molecular flexibility index (Phi) is 4.39. The summed E-state index contributed by atoms with van der Waals surface area (Å²) < 4.78 is 4.86. The number of allylic oxidation sites excluding steroid dienone is 1. The molecule has 0 spiro atoms. The topological polar surface area (TPSA) is 7.94 Å². The van der Waals surface area contributed by atoms with Crippen molar-refractivity contribution < 1.29 is 4.58 Å². The van der Waals surface area contributed by atoms with Crippen molar-refractivity contribution in [3.8, 4) is 0 Å². The minimum atomic E-state index is 0.00540. The lowest BCUT2D eigenvalue weighted by molar-refractivity contribution is -0.433. The van der Waals surface area contributed by atoms with Crippen LogP contribution in [0.5, 0.6) is 0 Å². The molecule has 30 heavy (non-hydrogen) atoms. The van der Waals surface area contributed by atoms with Crippen LogP contribution in [0.25, 0.3) is 27.9 Å². The number of rotatable bonds is 4. The molecule has 0 aliphatic carbocycles. The fourth-order valence-corrected chi connectivity index (χ4v) is 5.17. The summed E-state index contributed by atoms with van der Waals surface area (Å²) in [5.74, 6) is 0. The molecule has 0 radical (unpaired) electrons. The molecule has 150 valence electrons. The number of aromatic nitrogens is 1. The molecule has 2 heterocycles. The molecule has 0 unspecified atom stereocenters. The maximum atomic E-state index is 2.45. The number of hydrogen-bond acceptors (Lipinski definition) is 0. The Hall–Kier alpha value is -3.13. The van der Waals surface area contributed by atoms with E-state index in [0.717, 1.165) is 13.1 Å². The molecule has 1 aliphatic rings. The molecule has 0 saturated carbocycles. The van der Waals surface area contributed by atoms with Crippen molar-refractivity contribution in [3.05, 3.63) is 83.9 Å². The third-order valence-electron chi connectivity index (χ3n) is 6.66. The quantitative estimate of drug-likeness (QED) is 0.332. The standard InChI is InChI=1S/C28H29N2/c1-5-29-24-13-9-7-11-21(24)22-19-20(15-17-25(22)29)16-18-27-28(3,4)23-12-8-10-14-26(23)30(27)6-2/h7-19H,5-6H2,1-4H3/q+1. The lowest BCUT2D eigenvalue weighted by Crippen LogP contribution is -2.27. The van der Waals surface area contributed by atoms with Crippen molar-refractivity contribution in [2.24, 2.45) is 0 Å². The van der Waals surface area contributed by atoms with Crippen molar-refractivity contribution >= 4 is 39.3 Å². The second-order valence-corrected chi connectivity index (χ2v) is 8.64. The smallest absolute Gasteiger partial charge is 0.209 e. The maximum absolute atomic E-state index is 2.45. The summed E-state index contributed by atoms with van der Waals surface area (Å²) in [6, 6.07) is 24.4. The normalized spacial score (nSPS) is 15.6. The Bertz CT molecular complexity index is 1330. The summed E-state index contributed by atoms with van der Waals surface area (Å²) in [7, 11) is 0. The van der Waals surface area contributed by atoms with Gasteiger partial charge < -0.3 is 4.57 Å². The predicted octanol–water partition coefficient (Wildman–Crippen LogP) is 6.92. The Morgan fingerprint density at radius 3 is 2.37 bits per heavy atom. The van der Waals surface area contributed by atoms with Crippen LogP contribution >= 0.6 is 0 Å². The van der Waals surface area contributed by atoms with Crippen molar-refractivity contribution in [2.75, 3.05) is 6.54 Å². The summed E-state index contributed by atoms with van der Waals surface area (Å²) in [6.07, 6.45) is 4.60.